The Hall–Kier alpha value is -1.58. The number of nitrogens with one attached hydrogen (secondary N) is 1. The SMILES string of the molecule is COc1cc2[nH]ccc2nn1. The van der Waals surface area contributed by atoms with Crippen molar-refractivity contribution in [1.82, 2.24) is 15.2 Å². The predicted molar refractivity (Wildman–Crippen MR) is 40.4 cm³/mol. The molecule has 0 fully saturated rings. The molecular formula is C7H7N3O. The van der Waals surface area contributed by atoms with Crippen molar-refractivity contribution in [3.05, 3.63) is 18.3 Å². The summed E-state index contributed by atoms with van der Waals surface area (Å²) in [6.45, 7) is 0. The molecule has 0 saturated carbocycles. The molecule has 11 heavy (non-hydrogen) atoms. The highest BCUT2D eigenvalue weighted by atomic mass is 16.5. The monoisotopic (exact) mass is 149 g/mol. The zero-order valence-electron chi connectivity index (χ0n) is 6.03. The summed E-state index contributed by atoms with van der Waals surface area (Å²) >= 11 is 0. The second-order valence-corrected chi connectivity index (χ2v) is 2.16. The number of hydrogen-bond acceptors (Lipinski definition) is 3. The molecule has 0 radical (unpaired) electrons. The van der Waals surface area contributed by atoms with Crippen molar-refractivity contribution in [2.75, 3.05) is 7.11 Å². The molecule has 4 nitrogen and oxygen atoms in total. The molecule has 56 valence electrons. The summed E-state index contributed by atoms with van der Waals surface area (Å²) in [7, 11) is 1.57. The summed E-state index contributed by atoms with van der Waals surface area (Å²) in [4.78, 5) is 3.01. The zero-order valence-corrected chi connectivity index (χ0v) is 6.03. The Morgan fingerprint density at radius 3 is 3.18 bits per heavy atom. The topological polar surface area (TPSA) is 50.8 Å². The zero-order chi connectivity index (χ0) is 7.68. The summed E-state index contributed by atoms with van der Waals surface area (Å²) in [6.07, 6.45) is 1.82. The van der Waals surface area contributed by atoms with Gasteiger partial charge in [0, 0.05) is 12.3 Å². The quantitative estimate of drug-likeness (QED) is 0.657. The number of aromatic amines is 1. The van der Waals surface area contributed by atoms with Crippen LogP contribution in [0.1, 0.15) is 0 Å². The Morgan fingerprint density at radius 1 is 1.45 bits per heavy atom. The number of aromatic nitrogens is 3. The fourth-order valence-corrected chi connectivity index (χ4v) is 0.932. The molecule has 0 aliphatic rings. The normalized spacial score (nSPS) is 10.3. The van der Waals surface area contributed by atoms with E-state index in [2.05, 4.69) is 15.2 Å². The standard InChI is InChI=1S/C7H7N3O/c1-11-7-4-6-5(9-10-7)2-3-8-6/h2-4,8H,1H3. The van der Waals surface area contributed by atoms with Gasteiger partial charge in [-0.05, 0) is 6.07 Å². The van der Waals surface area contributed by atoms with Gasteiger partial charge in [-0.25, -0.2) is 0 Å². The summed E-state index contributed by atoms with van der Waals surface area (Å²) < 4.78 is 4.90. The lowest BCUT2D eigenvalue weighted by atomic mass is 10.4. The van der Waals surface area contributed by atoms with Gasteiger partial charge in [0.05, 0.1) is 12.6 Å². The number of rotatable bonds is 1. The van der Waals surface area contributed by atoms with Crippen LogP contribution in [-0.4, -0.2) is 22.3 Å². The highest BCUT2D eigenvalue weighted by Gasteiger charge is 1.97. The van der Waals surface area contributed by atoms with E-state index in [9.17, 15) is 0 Å². The van der Waals surface area contributed by atoms with Crippen LogP contribution in [0.4, 0.5) is 0 Å². The Morgan fingerprint density at radius 2 is 2.36 bits per heavy atom. The van der Waals surface area contributed by atoms with Gasteiger partial charge in [-0.2, -0.15) is 0 Å². The first kappa shape index (κ1) is 6.15. The van der Waals surface area contributed by atoms with Crippen molar-refractivity contribution in [3.8, 4) is 5.88 Å². The van der Waals surface area contributed by atoms with Crippen LogP contribution in [0.5, 0.6) is 5.88 Å². The average molecular weight is 149 g/mol. The minimum absolute atomic E-state index is 0.528. The van der Waals surface area contributed by atoms with Crippen LogP contribution >= 0.6 is 0 Å². The summed E-state index contributed by atoms with van der Waals surface area (Å²) in [6, 6.07) is 3.67. The van der Waals surface area contributed by atoms with E-state index in [4.69, 9.17) is 4.74 Å². The van der Waals surface area contributed by atoms with Crippen molar-refractivity contribution in [2.24, 2.45) is 0 Å². The van der Waals surface area contributed by atoms with E-state index in [-0.39, 0.29) is 0 Å². The first-order chi connectivity index (χ1) is 5.40. The summed E-state index contributed by atoms with van der Waals surface area (Å²) in [5.41, 5.74) is 1.79. The number of methoxy groups -OCH3 is 1. The second kappa shape index (κ2) is 2.23. The molecule has 0 aliphatic heterocycles. The van der Waals surface area contributed by atoms with E-state index in [1.54, 1.807) is 7.11 Å². The van der Waals surface area contributed by atoms with Crippen LogP contribution in [0.15, 0.2) is 18.3 Å². The highest BCUT2D eigenvalue weighted by molar-refractivity contribution is 5.74. The van der Waals surface area contributed by atoms with Gasteiger partial charge in [0.2, 0.25) is 5.88 Å². The number of fused-ring (bicyclic) bond motifs is 1. The lowest BCUT2D eigenvalue weighted by molar-refractivity contribution is 0.393. The van der Waals surface area contributed by atoms with Gasteiger partial charge in [-0.1, -0.05) is 0 Å². The molecule has 0 atom stereocenters. The minimum Gasteiger partial charge on any atom is -0.480 e. The average Bonchev–Trinajstić information content (AvgIpc) is 2.50. The summed E-state index contributed by atoms with van der Waals surface area (Å²) in [5, 5.41) is 7.71. The van der Waals surface area contributed by atoms with Crippen molar-refractivity contribution in [2.45, 2.75) is 0 Å². The Balaban J connectivity index is 2.67. The number of nitrogens with zero attached hydrogens (tertiary/aromatic N) is 2. The molecule has 0 amide bonds. The third kappa shape index (κ3) is 0.920. The van der Waals surface area contributed by atoms with Crippen LogP contribution in [0, 0.1) is 0 Å². The molecule has 0 aliphatic carbocycles. The third-order valence-corrected chi connectivity index (χ3v) is 1.49. The van der Waals surface area contributed by atoms with E-state index in [1.807, 2.05) is 18.3 Å². The maximum atomic E-state index is 4.90. The van der Waals surface area contributed by atoms with Crippen LogP contribution < -0.4 is 4.74 Å². The molecule has 2 aromatic rings. The molecule has 0 aromatic carbocycles. The lowest BCUT2D eigenvalue weighted by Gasteiger charge is -1.94. The minimum atomic E-state index is 0.528. The van der Waals surface area contributed by atoms with Crippen molar-refractivity contribution in [1.29, 1.82) is 0 Å². The van der Waals surface area contributed by atoms with Gasteiger partial charge in [0.1, 0.15) is 5.52 Å². The van der Waals surface area contributed by atoms with E-state index in [0.717, 1.165) is 11.0 Å². The van der Waals surface area contributed by atoms with Crippen molar-refractivity contribution >= 4 is 11.0 Å². The second-order valence-electron chi connectivity index (χ2n) is 2.16. The molecule has 0 unspecified atom stereocenters. The van der Waals surface area contributed by atoms with Crippen LogP contribution in [0.25, 0.3) is 11.0 Å². The van der Waals surface area contributed by atoms with Crippen molar-refractivity contribution in [3.63, 3.8) is 0 Å². The Bertz CT molecular complexity index is 368. The maximum Gasteiger partial charge on any atom is 0.235 e. The maximum absolute atomic E-state index is 4.90. The number of ether oxygens (including phenoxy) is 1. The van der Waals surface area contributed by atoms with Gasteiger partial charge in [-0.3, -0.25) is 0 Å². The molecular weight excluding hydrogens is 142 g/mol. The van der Waals surface area contributed by atoms with Crippen LogP contribution in [-0.2, 0) is 0 Å². The fourth-order valence-electron chi connectivity index (χ4n) is 0.932. The molecule has 2 aromatic heterocycles. The Kier molecular flexibility index (Phi) is 1.25. The third-order valence-electron chi connectivity index (χ3n) is 1.49. The predicted octanol–water partition coefficient (Wildman–Crippen LogP) is 0.966. The fraction of sp³-hybridized carbons (Fsp3) is 0.143. The molecule has 1 N–H and O–H groups in total. The van der Waals surface area contributed by atoms with E-state index in [1.165, 1.54) is 0 Å². The molecule has 4 heteroatoms. The van der Waals surface area contributed by atoms with Gasteiger partial charge in [0.25, 0.3) is 0 Å². The number of H-pyrrole nitrogens is 1. The highest BCUT2D eigenvalue weighted by Crippen LogP contribution is 2.12. The molecule has 0 bridgehead atoms. The Labute approximate surface area is 63.2 Å². The van der Waals surface area contributed by atoms with Gasteiger partial charge < -0.3 is 9.72 Å². The molecule has 0 spiro atoms. The smallest absolute Gasteiger partial charge is 0.235 e. The van der Waals surface area contributed by atoms with Gasteiger partial charge in [-0.15, -0.1) is 10.2 Å². The van der Waals surface area contributed by atoms with Gasteiger partial charge >= 0.3 is 0 Å². The van der Waals surface area contributed by atoms with E-state index >= 15 is 0 Å². The van der Waals surface area contributed by atoms with Crippen molar-refractivity contribution < 1.29 is 4.74 Å². The van der Waals surface area contributed by atoms with Gasteiger partial charge in [0.15, 0.2) is 0 Å². The first-order valence-corrected chi connectivity index (χ1v) is 3.25. The molecule has 2 rings (SSSR count). The summed E-state index contributed by atoms with van der Waals surface area (Å²) in [5.74, 6) is 0.528. The van der Waals surface area contributed by atoms with E-state index in [0.29, 0.717) is 5.88 Å². The van der Waals surface area contributed by atoms with Crippen LogP contribution in [0.2, 0.25) is 0 Å². The largest absolute Gasteiger partial charge is 0.480 e. The number of hydrogen-bond donors (Lipinski definition) is 1. The van der Waals surface area contributed by atoms with E-state index < -0.39 is 0 Å². The molecule has 0 saturated heterocycles. The lowest BCUT2D eigenvalue weighted by Crippen LogP contribution is -1.89. The first-order valence-electron chi connectivity index (χ1n) is 3.25. The molecule has 2 heterocycles. The van der Waals surface area contributed by atoms with Crippen LogP contribution in [0.3, 0.4) is 0 Å².